The molecule has 0 aliphatic carbocycles. The number of benzene rings is 2. The van der Waals surface area contributed by atoms with Gasteiger partial charge in [0.05, 0.1) is 44.0 Å². The molecule has 14 heteroatoms. The normalized spacial score (nSPS) is 11.7. The quantitative estimate of drug-likeness (QED) is 0.0586. The maximum Gasteiger partial charge on any atom is 0.265 e. The molecule has 0 saturated heterocycles. The van der Waals surface area contributed by atoms with Crippen molar-refractivity contribution in [2.24, 2.45) is 5.73 Å². The summed E-state index contributed by atoms with van der Waals surface area (Å²) >= 11 is 1.69. The third kappa shape index (κ3) is 11.9. The Balaban J connectivity index is 1.26. The van der Waals surface area contributed by atoms with Crippen molar-refractivity contribution in [3.8, 4) is 0 Å². The lowest BCUT2D eigenvalue weighted by atomic mass is 10.1. The minimum absolute atomic E-state index is 0.118. The number of pyridine rings is 1. The SMILES string of the molecule is NCCOCCOCCNC(=O)CCC(=O)NCCC[n+]1ccc(Cc2sc3ccccc3[n+]2CCCS(=O)(=O)O)c2ccccc21. The molecule has 0 fully saturated rings. The molecule has 2 aromatic carbocycles. The zero-order valence-electron chi connectivity index (χ0n) is 26.6. The van der Waals surface area contributed by atoms with Crippen LogP contribution in [-0.4, -0.2) is 76.6 Å². The summed E-state index contributed by atoms with van der Waals surface area (Å²) in [6.45, 7) is 4.31. The van der Waals surface area contributed by atoms with E-state index in [0.717, 1.165) is 38.1 Å². The number of rotatable bonds is 21. The van der Waals surface area contributed by atoms with E-state index in [9.17, 15) is 22.6 Å². The molecule has 0 unspecified atom stereocenters. The van der Waals surface area contributed by atoms with Crippen LogP contribution in [0.15, 0.2) is 60.8 Å². The minimum Gasteiger partial charge on any atom is -0.378 e. The van der Waals surface area contributed by atoms with Crippen molar-refractivity contribution in [1.82, 2.24) is 10.6 Å². The smallest absolute Gasteiger partial charge is 0.265 e. The number of fused-ring (bicyclic) bond motifs is 2. The number of carbonyl (C=O) groups is 2. The van der Waals surface area contributed by atoms with Crippen LogP contribution in [0.1, 0.15) is 36.3 Å². The highest BCUT2D eigenvalue weighted by atomic mass is 32.2. The number of amides is 2. The van der Waals surface area contributed by atoms with E-state index in [-0.39, 0.29) is 30.4 Å². The Labute approximate surface area is 279 Å². The fraction of sp³-hybridized carbons (Fsp3) is 0.455. The molecular weight excluding hydrogens is 643 g/mol. The molecule has 0 spiro atoms. The first-order valence-electron chi connectivity index (χ1n) is 15.9. The zero-order valence-corrected chi connectivity index (χ0v) is 28.2. The van der Waals surface area contributed by atoms with Crippen LogP contribution in [-0.2, 0) is 48.7 Å². The number of nitrogens with zero attached hydrogens (tertiary/aromatic N) is 2. The van der Waals surface area contributed by atoms with Gasteiger partial charge in [-0.05, 0) is 17.7 Å². The lowest BCUT2D eigenvalue weighted by molar-refractivity contribution is -0.674. The number of hydrogen-bond donors (Lipinski definition) is 4. The fourth-order valence-electron chi connectivity index (χ4n) is 5.27. The topological polar surface area (TPSA) is 165 Å². The van der Waals surface area contributed by atoms with E-state index in [4.69, 9.17) is 15.2 Å². The molecule has 4 aromatic rings. The number of hydrogen-bond acceptors (Lipinski definition) is 8. The van der Waals surface area contributed by atoms with Crippen LogP contribution in [0.2, 0.25) is 0 Å². The summed E-state index contributed by atoms with van der Waals surface area (Å²) in [4.78, 5) is 24.3. The van der Waals surface area contributed by atoms with Crippen LogP contribution in [0, 0.1) is 0 Å². The second-order valence-electron chi connectivity index (χ2n) is 11.0. The minimum atomic E-state index is -4.03. The molecular formula is C33H45N5O7S2+2. The number of thiazole rings is 1. The summed E-state index contributed by atoms with van der Waals surface area (Å²) in [6.07, 6.45) is 4.02. The average Bonchev–Trinajstić information content (AvgIpc) is 3.40. The van der Waals surface area contributed by atoms with Gasteiger partial charge in [0.1, 0.15) is 4.70 Å². The van der Waals surface area contributed by atoms with Gasteiger partial charge in [-0.3, -0.25) is 14.1 Å². The molecule has 0 radical (unpaired) electrons. The summed E-state index contributed by atoms with van der Waals surface area (Å²) in [7, 11) is -4.03. The lowest BCUT2D eigenvalue weighted by Crippen LogP contribution is -2.38. The Kier molecular flexibility index (Phi) is 14.5. The van der Waals surface area contributed by atoms with Crippen LogP contribution in [0.4, 0.5) is 0 Å². The Morgan fingerprint density at radius 3 is 2.26 bits per heavy atom. The fourth-order valence-corrected chi connectivity index (χ4v) is 6.98. The second kappa shape index (κ2) is 18.7. The van der Waals surface area contributed by atoms with Gasteiger partial charge in [-0.25, -0.2) is 0 Å². The van der Waals surface area contributed by atoms with Gasteiger partial charge in [0.2, 0.25) is 27.9 Å². The Morgan fingerprint density at radius 1 is 0.830 bits per heavy atom. The number of nitrogens with one attached hydrogen (secondary N) is 2. The summed E-state index contributed by atoms with van der Waals surface area (Å²) < 4.78 is 48.0. The third-order valence-corrected chi connectivity index (χ3v) is 9.48. The van der Waals surface area contributed by atoms with Crippen molar-refractivity contribution in [3.63, 3.8) is 0 Å². The molecule has 0 aliphatic rings. The van der Waals surface area contributed by atoms with E-state index < -0.39 is 10.1 Å². The van der Waals surface area contributed by atoms with Gasteiger partial charge in [-0.1, -0.05) is 35.6 Å². The molecule has 0 aliphatic heterocycles. The van der Waals surface area contributed by atoms with E-state index in [1.54, 1.807) is 11.3 Å². The van der Waals surface area contributed by atoms with Gasteiger partial charge in [0.25, 0.3) is 10.1 Å². The van der Waals surface area contributed by atoms with Crippen molar-refractivity contribution in [3.05, 3.63) is 71.4 Å². The number of aryl methyl sites for hydroxylation is 2. The van der Waals surface area contributed by atoms with Crippen LogP contribution >= 0.6 is 11.3 Å². The van der Waals surface area contributed by atoms with Crippen molar-refractivity contribution in [1.29, 1.82) is 0 Å². The molecule has 47 heavy (non-hydrogen) atoms. The predicted molar refractivity (Wildman–Crippen MR) is 181 cm³/mol. The van der Waals surface area contributed by atoms with Gasteiger partial charge in [-0.15, -0.1) is 0 Å². The Hall–Kier alpha value is -3.53. The maximum absolute atomic E-state index is 12.3. The largest absolute Gasteiger partial charge is 0.378 e. The molecule has 5 N–H and O–H groups in total. The Morgan fingerprint density at radius 2 is 1.51 bits per heavy atom. The summed E-state index contributed by atoms with van der Waals surface area (Å²) in [5, 5.41) is 7.89. The first-order valence-corrected chi connectivity index (χ1v) is 18.3. The van der Waals surface area contributed by atoms with E-state index in [0.29, 0.717) is 72.0 Å². The molecule has 12 nitrogen and oxygen atoms in total. The molecule has 2 amide bonds. The lowest BCUT2D eigenvalue weighted by Gasteiger charge is -2.08. The van der Waals surface area contributed by atoms with Crippen molar-refractivity contribution in [2.45, 2.75) is 45.2 Å². The van der Waals surface area contributed by atoms with Crippen LogP contribution in [0.3, 0.4) is 0 Å². The number of nitrogens with two attached hydrogens (primary N) is 1. The van der Waals surface area contributed by atoms with Crippen LogP contribution in [0.25, 0.3) is 21.1 Å². The standard InChI is InChI=1S/C33H43N5O7S2/c34-14-20-44-22-23-45-21-16-36-32(40)12-11-31(39)35-15-5-17-37-19-13-26(27-7-1-2-8-28(27)37)25-33-38(18-6-24-47(41,42)43)29-9-3-4-10-30(29)46-33/h1-4,7-10,13,19H,5-6,11-12,14-18,20-25,34H2,(H-2,35,36,39,40,41,42,43)/p+2. The van der Waals surface area contributed by atoms with Gasteiger partial charge < -0.3 is 25.8 Å². The highest BCUT2D eigenvalue weighted by Gasteiger charge is 2.23. The number of para-hydroxylation sites is 2. The third-order valence-electron chi connectivity index (χ3n) is 7.51. The van der Waals surface area contributed by atoms with E-state index in [1.165, 1.54) is 0 Å². The van der Waals surface area contributed by atoms with E-state index >= 15 is 0 Å². The molecule has 0 atom stereocenters. The number of carbonyl (C=O) groups excluding carboxylic acids is 2. The molecule has 2 heterocycles. The molecule has 0 bridgehead atoms. The first kappa shape index (κ1) is 36.3. The molecule has 2 aromatic heterocycles. The van der Waals surface area contributed by atoms with Crippen molar-refractivity contribution in [2.75, 3.05) is 51.8 Å². The van der Waals surface area contributed by atoms with Crippen molar-refractivity contribution < 1.29 is 41.2 Å². The summed E-state index contributed by atoms with van der Waals surface area (Å²) in [5.41, 5.74) is 8.63. The van der Waals surface area contributed by atoms with Crippen LogP contribution in [0.5, 0.6) is 0 Å². The predicted octanol–water partition coefficient (Wildman–Crippen LogP) is 1.89. The van der Waals surface area contributed by atoms with Gasteiger partial charge in [-0.2, -0.15) is 17.6 Å². The highest BCUT2D eigenvalue weighted by molar-refractivity contribution is 7.85. The van der Waals surface area contributed by atoms with Crippen LogP contribution < -0.4 is 25.5 Å². The number of ether oxygens (including phenoxy) is 2. The van der Waals surface area contributed by atoms with E-state index in [2.05, 4.69) is 50.2 Å². The molecule has 254 valence electrons. The summed E-state index contributed by atoms with van der Waals surface area (Å²) in [6, 6.07) is 18.4. The maximum atomic E-state index is 12.3. The molecule has 0 saturated carbocycles. The van der Waals surface area contributed by atoms with E-state index in [1.807, 2.05) is 30.3 Å². The number of aromatic nitrogens is 2. The molecule has 4 rings (SSSR count). The van der Waals surface area contributed by atoms with Crippen molar-refractivity contribution >= 4 is 54.4 Å². The summed E-state index contributed by atoms with van der Waals surface area (Å²) in [5.74, 6) is -0.631. The zero-order chi connectivity index (χ0) is 33.5. The first-order chi connectivity index (χ1) is 22.7. The average molecular weight is 688 g/mol. The Bertz CT molecular complexity index is 1730. The van der Waals surface area contributed by atoms with Gasteiger partial charge >= 0.3 is 0 Å². The second-order valence-corrected chi connectivity index (χ2v) is 13.7. The van der Waals surface area contributed by atoms with Gasteiger partial charge in [0.15, 0.2) is 19.3 Å². The monoisotopic (exact) mass is 687 g/mol. The highest BCUT2D eigenvalue weighted by Crippen LogP contribution is 2.25. The van der Waals surface area contributed by atoms with Gasteiger partial charge in [0, 0.05) is 63.5 Å².